The molecule has 0 aromatic carbocycles. The minimum atomic E-state index is -0.0221. The van der Waals surface area contributed by atoms with E-state index in [1.807, 2.05) is 11.9 Å². The first-order valence-corrected chi connectivity index (χ1v) is 6.81. The average Bonchev–Trinajstić information content (AvgIpc) is 2.64. The molecular weight excluding hydrogens is 242 g/mol. The number of nitrogens with zero attached hydrogens (tertiary/aromatic N) is 3. The van der Waals surface area contributed by atoms with Gasteiger partial charge in [-0.25, -0.2) is 0 Å². The van der Waals surface area contributed by atoms with Gasteiger partial charge in [0, 0.05) is 20.6 Å². The molecule has 0 fully saturated rings. The monoisotopic (exact) mass is 267 g/mol. The highest BCUT2D eigenvalue weighted by atomic mass is 16.1. The van der Waals surface area contributed by atoms with E-state index in [1.165, 1.54) is 0 Å². The number of aromatic nitrogens is 2. The fourth-order valence-corrected chi connectivity index (χ4v) is 2.16. The Balaban J connectivity index is 3.04. The SMILES string of the molecule is CCCc1nn(C)c(N(CCC)CC(=O)NC)c1N. The molecule has 0 aliphatic carbocycles. The number of carbonyl (C=O) groups excluding carboxylic acids is 1. The Hall–Kier alpha value is -1.72. The van der Waals surface area contributed by atoms with Crippen molar-refractivity contribution in [2.75, 3.05) is 30.8 Å². The van der Waals surface area contributed by atoms with E-state index in [0.717, 1.165) is 37.3 Å². The number of carbonyl (C=O) groups is 1. The van der Waals surface area contributed by atoms with Gasteiger partial charge < -0.3 is 16.0 Å². The average molecular weight is 267 g/mol. The Morgan fingerprint density at radius 2 is 2.11 bits per heavy atom. The molecule has 1 aromatic rings. The summed E-state index contributed by atoms with van der Waals surface area (Å²) in [5.74, 6) is 0.819. The molecule has 1 rings (SSSR count). The topological polar surface area (TPSA) is 76.2 Å². The zero-order chi connectivity index (χ0) is 14.4. The van der Waals surface area contributed by atoms with Crippen LogP contribution in [0.5, 0.6) is 0 Å². The van der Waals surface area contributed by atoms with E-state index in [1.54, 1.807) is 11.7 Å². The molecule has 0 spiro atoms. The quantitative estimate of drug-likeness (QED) is 0.770. The van der Waals surface area contributed by atoms with Crippen molar-refractivity contribution < 1.29 is 4.79 Å². The van der Waals surface area contributed by atoms with Crippen LogP contribution in [0.25, 0.3) is 0 Å². The lowest BCUT2D eigenvalue weighted by molar-refractivity contribution is -0.119. The molecule has 0 atom stereocenters. The van der Waals surface area contributed by atoms with E-state index in [0.29, 0.717) is 12.2 Å². The fraction of sp³-hybridized carbons (Fsp3) is 0.692. The van der Waals surface area contributed by atoms with E-state index in [4.69, 9.17) is 5.73 Å². The molecular formula is C13H25N5O. The molecule has 6 heteroatoms. The Labute approximate surface area is 114 Å². The van der Waals surface area contributed by atoms with Gasteiger partial charge in [0.05, 0.1) is 17.9 Å². The van der Waals surface area contributed by atoms with Gasteiger partial charge >= 0.3 is 0 Å². The largest absolute Gasteiger partial charge is 0.394 e. The van der Waals surface area contributed by atoms with Crippen LogP contribution in [0.4, 0.5) is 11.5 Å². The van der Waals surface area contributed by atoms with Crippen molar-refractivity contribution in [3.63, 3.8) is 0 Å². The number of hydrogen-bond donors (Lipinski definition) is 2. The van der Waals surface area contributed by atoms with Crippen molar-refractivity contribution in [2.24, 2.45) is 7.05 Å². The van der Waals surface area contributed by atoms with Gasteiger partial charge in [-0.3, -0.25) is 9.48 Å². The number of nitrogens with two attached hydrogens (primary N) is 1. The summed E-state index contributed by atoms with van der Waals surface area (Å²) in [5, 5.41) is 7.10. The van der Waals surface area contributed by atoms with Crippen LogP contribution in [0.3, 0.4) is 0 Å². The van der Waals surface area contributed by atoms with Gasteiger partial charge in [0.15, 0.2) is 5.82 Å². The summed E-state index contributed by atoms with van der Waals surface area (Å²) in [5.41, 5.74) is 7.79. The van der Waals surface area contributed by atoms with E-state index < -0.39 is 0 Å². The fourth-order valence-electron chi connectivity index (χ4n) is 2.16. The summed E-state index contributed by atoms with van der Waals surface area (Å²) in [6.45, 7) is 5.26. The zero-order valence-electron chi connectivity index (χ0n) is 12.4. The molecule has 0 unspecified atom stereocenters. The van der Waals surface area contributed by atoms with Crippen LogP contribution in [-0.4, -0.2) is 35.8 Å². The number of amides is 1. The van der Waals surface area contributed by atoms with Crippen LogP contribution in [0.1, 0.15) is 32.4 Å². The summed E-state index contributed by atoms with van der Waals surface area (Å²) < 4.78 is 1.78. The molecule has 0 aliphatic heterocycles. The minimum absolute atomic E-state index is 0.0221. The van der Waals surface area contributed by atoms with Gasteiger partial charge in [-0.2, -0.15) is 5.10 Å². The van der Waals surface area contributed by atoms with Crippen LogP contribution >= 0.6 is 0 Å². The first-order chi connectivity index (χ1) is 9.04. The van der Waals surface area contributed by atoms with E-state index in [2.05, 4.69) is 24.3 Å². The van der Waals surface area contributed by atoms with Gasteiger partial charge in [0.1, 0.15) is 0 Å². The Morgan fingerprint density at radius 3 is 2.63 bits per heavy atom. The van der Waals surface area contributed by atoms with Crippen LogP contribution in [0, 0.1) is 0 Å². The first kappa shape index (κ1) is 15.3. The van der Waals surface area contributed by atoms with Crippen LogP contribution in [0.2, 0.25) is 0 Å². The third-order valence-electron chi connectivity index (χ3n) is 3.02. The number of nitrogen functional groups attached to an aromatic ring is 1. The molecule has 0 saturated carbocycles. The minimum Gasteiger partial charge on any atom is -0.394 e. The lowest BCUT2D eigenvalue weighted by Gasteiger charge is -2.23. The normalized spacial score (nSPS) is 10.5. The van der Waals surface area contributed by atoms with Crippen LogP contribution in [0.15, 0.2) is 0 Å². The van der Waals surface area contributed by atoms with Gasteiger partial charge in [0.25, 0.3) is 0 Å². The number of likely N-dealkylation sites (N-methyl/N-ethyl adjacent to an activating group) is 1. The maximum Gasteiger partial charge on any atom is 0.239 e. The predicted octanol–water partition coefficient (Wildman–Crippen LogP) is 0.917. The Bertz CT molecular complexity index is 427. The lowest BCUT2D eigenvalue weighted by Crippen LogP contribution is -2.37. The smallest absolute Gasteiger partial charge is 0.239 e. The van der Waals surface area contributed by atoms with E-state index in [9.17, 15) is 4.79 Å². The molecule has 0 saturated heterocycles. The Morgan fingerprint density at radius 1 is 1.42 bits per heavy atom. The lowest BCUT2D eigenvalue weighted by atomic mass is 10.2. The highest BCUT2D eigenvalue weighted by molar-refractivity contribution is 5.82. The molecule has 108 valence electrons. The number of hydrogen-bond acceptors (Lipinski definition) is 4. The molecule has 1 heterocycles. The zero-order valence-corrected chi connectivity index (χ0v) is 12.4. The molecule has 3 N–H and O–H groups in total. The summed E-state index contributed by atoms with van der Waals surface area (Å²) in [6, 6.07) is 0. The maximum absolute atomic E-state index is 11.6. The van der Waals surface area contributed by atoms with Crippen molar-refractivity contribution >= 4 is 17.4 Å². The molecule has 6 nitrogen and oxygen atoms in total. The second-order valence-electron chi connectivity index (χ2n) is 4.65. The van der Waals surface area contributed by atoms with Crippen LogP contribution < -0.4 is 16.0 Å². The summed E-state index contributed by atoms with van der Waals surface area (Å²) in [6.07, 6.45) is 2.81. The first-order valence-electron chi connectivity index (χ1n) is 6.81. The van der Waals surface area contributed by atoms with E-state index in [-0.39, 0.29) is 5.91 Å². The van der Waals surface area contributed by atoms with Gasteiger partial charge in [0.2, 0.25) is 5.91 Å². The maximum atomic E-state index is 11.6. The van der Waals surface area contributed by atoms with Crippen molar-refractivity contribution in [3.8, 4) is 0 Å². The van der Waals surface area contributed by atoms with Crippen LogP contribution in [-0.2, 0) is 18.3 Å². The number of nitrogens with one attached hydrogen (secondary N) is 1. The van der Waals surface area contributed by atoms with Gasteiger partial charge in [-0.1, -0.05) is 20.3 Å². The number of rotatable bonds is 7. The van der Waals surface area contributed by atoms with Crippen molar-refractivity contribution in [1.29, 1.82) is 0 Å². The molecule has 0 aliphatic rings. The molecule has 0 bridgehead atoms. The van der Waals surface area contributed by atoms with Crippen molar-refractivity contribution in [2.45, 2.75) is 33.1 Å². The Kier molecular flexibility index (Phi) is 5.66. The number of aryl methyl sites for hydroxylation is 2. The molecule has 1 aromatic heterocycles. The van der Waals surface area contributed by atoms with E-state index >= 15 is 0 Å². The molecule has 19 heavy (non-hydrogen) atoms. The third kappa shape index (κ3) is 3.62. The second kappa shape index (κ2) is 7.01. The molecule has 1 amide bonds. The van der Waals surface area contributed by atoms with Gasteiger partial charge in [-0.15, -0.1) is 0 Å². The standard InChI is InChI=1S/C13H25N5O/c1-5-7-10-12(14)13(17(4)16-10)18(8-6-2)9-11(19)15-3/h5-9,14H2,1-4H3,(H,15,19). The highest BCUT2D eigenvalue weighted by Crippen LogP contribution is 2.27. The summed E-state index contributed by atoms with van der Waals surface area (Å²) in [7, 11) is 3.51. The van der Waals surface area contributed by atoms with Crippen molar-refractivity contribution in [3.05, 3.63) is 5.69 Å². The summed E-state index contributed by atoms with van der Waals surface area (Å²) >= 11 is 0. The predicted molar refractivity (Wildman–Crippen MR) is 78.2 cm³/mol. The van der Waals surface area contributed by atoms with Gasteiger partial charge in [-0.05, 0) is 12.8 Å². The van der Waals surface area contributed by atoms with Crippen molar-refractivity contribution in [1.82, 2.24) is 15.1 Å². The number of anilines is 2. The summed E-state index contributed by atoms with van der Waals surface area (Å²) in [4.78, 5) is 13.6. The highest BCUT2D eigenvalue weighted by Gasteiger charge is 2.20. The second-order valence-corrected chi connectivity index (χ2v) is 4.65. The molecule has 0 radical (unpaired) electrons. The third-order valence-corrected chi connectivity index (χ3v) is 3.02.